The van der Waals surface area contributed by atoms with Gasteiger partial charge in [0, 0.05) is 11.6 Å². The fraction of sp³-hybridized carbons (Fsp3) is 0.533. The van der Waals surface area contributed by atoms with Crippen molar-refractivity contribution in [1.29, 1.82) is 0 Å². The minimum Gasteiger partial charge on any atom is -0.200 e. The van der Waals surface area contributed by atoms with Crippen LogP contribution >= 0.6 is 0 Å². The van der Waals surface area contributed by atoms with Crippen LogP contribution in [0.5, 0.6) is 0 Å². The predicted octanol–water partition coefficient (Wildman–Crippen LogP) is 3.33. The highest BCUT2D eigenvalue weighted by molar-refractivity contribution is 7.89. The molecule has 0 saturated heterocycles. The molecule has 1 unspecified atom stereocenters. The molecule has 1 aromatic rings. The number of rotatable bonds is 4. The van der Waals surface area contributed by atoms with E-state index >= 15 is 0 Å². The summed E-state index contributed by atoms with van der Waals surface area (Å²) >= 11 is 0. The van der Waals surface area contributed by atoms with E-state index in [-0.39, 0.29) is 16.2 Å². The normalized spacial score (nSPS) is 15.0. The zero-order chi connectivity index (χ0) is 15.6. The molecule has 4 nitrogen and oxygen atoms in total. The number of aryl methyl sites for hydroxylation is 1. The predicted molar refractivity (Wildman–Crippen MR) is 83.2 cm³/mol. The second kappa shape index (κ2) is 5.95. The number of hydrogen-bond acceptors (Lipinski definition) is 3. The Bertz CT molecular complexity index is 581. The Labute approximate surface area is 122 Å². The van der Waals surface area contributed by atoms with Crippen molar-refractivity contribution in [2.24, 2.45) is 16.4 Å². The van der Waals surface area contributed by atoms with E-state index in [0.29, 0.717) is 0 Å². The molecule has 1 atom stereocenters. The number of nitrogens with one attached hydrogen (secondary N) is 1. The molecule has 0 saturated carbocycles. The SMILES string of the molecule is C/C(=N/NS(=O)(=O)c1ccc(C)cc1)C(C)C(C)(C)C. The molecule has 0 bridgehead atoms. The van der Waals surface area contributed by atoms with Crippen LogP contribution in [-0.2, 0) is 10.0 Å². The highest BCUT2D eigenvalue weighted by atomic mass is 32.2. The van der Waals surface area contributed by atoms with Crippen molar-refractivity contribution >= 4 is 15.7 Å². The Morgan fingerprint density at radius 2 is 1.70 bits per heavy atom. The Balaban J connectivity index is 2.90. The van der Waals surface area contributed by atoms with Gasteiger partial charge in [0.1, 0.15) is 0 Å². The van der Waals surface area contributed by atoms with Crippen LogP contribution in [0, 0.1) is 18.3 Å². The lowest BCUT2D eigenvalue weighted by atomic mass is 9.79. The van der Waals surface area contributed by atoms with E-state index in [1.165, 1.54) is 0 Å². The van der Waals surface area contributed by atoms with E-state index in [9.17, 15) is 8.42 Å². The molecule has 1 aromatic carbocycles. The molecule has 0 aliphatic heterocycles. The smallest absolute Gasteiger partial charge is 0.200 e. The first-order valence-corrected chi connectivity index (χ1v) is 8.15. The number of hydrazone groups is 1. The maximum Gasteiger partial charge on any atom is 0.276 e. The maximum absolute atomic E-state index is 12.1. The summed E-state index contributed by atoms with van der Waals surface area (Å²) in [5, 5.41) is 4.04. The highest BCUT2D eigenvalue weighted by Gasteiger charge is 2.23. The van der Waals surface area contributed by atoms with Gasteiger partial charge in [-0.3, -0.25) is 0 Å². The van der Waals surface area contributed by atoms with Crippen LogP contribution in [0.3, 0.4) is 0 Å². The summed E-state index contributed by atoms with van der Waals surface area (Å²) in [5.41, 5.74) is 1.83. The average molecular weight is 296 g/mol. The van der Waals surface area contributed by atoms with Gasteiger partial charge in [0.2, 0.25) is 0 Å². The van der Waals surface area contributed by atoms with Gasteiger partial charge in [-0.25, -0.2) is 4.83 Å². The molecule has 0 aliphatic rings. The van der Waals surface area contributed by atoms with Crippen molar-refractivity contribution in [1.82, 2.24) is 4.83 Å². The van der Waals surface area contributed by atoms with E-state index in [1.807, 2.05) is 20.8 Å². The standard InChI is InChI=1S/C15H24N2O2S/c1-11-7-9-14(10-8-11)20(18,19)17-16-13(3)12(2)15(4,5)6/h7-10,12,17H,1-6H3/b16-13-. The van der Waals surface area contributed by atoms with E-state index in [1.54, 1.807) is 24.3 Å². The van der Waals surface area contributed by atoms with E-state index < -0.39 is 10.0 Å². The summed E-state index contributed by atoms with van der Waals surface area (Å²) in [4.78, 5) is 2.53. The molecule has 0 heterocycles. The van der Waals surface area contributed by atoms with Gasteiger partial charge in [0.15, 0.2) is 0 Å². The van der Waals surface area contributed by atoms with Gasteiger partial charge in [-0.15, -0.1) is 0 Å². The van der Waals surface area contributed by atoms with Crippen LogP contribution in [0.15, 0.2) is 34.3 Å². The van der Waals surface area contributed by atoms with Gasteiger partial charge < -0.3 is 0 Å². The number of hydrogen-bond donors (Lipinski definition) is 1. The van der Waals surface area contributed by atoms with Gasteiger partial charge in [0.25, 0.3) is 10.0 Å². The third-order valence-electron chi connectivity index (χ3n) is 3.60. The van der Waals surface area contributed by atoms with Crippen LogP contribution in [0.25, 0.3) is 0 Å². The highest BCUT2D eigenvalue weighted by Crippen LogP contribution is 2.26. The molecule has 20 heavy (non-hydrogen) atoms. The van der Waals surface area contributed by atoms with Gasteiger partial charge >= 0.3 is 0 Å². The van der Waals surface area contributed by atoms with Crippen molar-refractivity contribution in [3.63, 3.8) is 0 Å². The Hall–Kier alpha value is -1.36. The van der Waals surface area contributed by atoms with Crippen LogP contribution in [0.2, 0.25) is 0 Å². The Kier molecular flexibility index (Phi) is 4.97. The van der Waals surface area contributed by atoms with E-state index in [0.717, 1.165) is 11.3 Å². The molecule has 1 N–H and O–H groups in total. The van der Waals surface area contributed by atoms with Crippen molar-refractivity contribution in [3.8, 4) is 0 Å². The molecular formula is C15H24N2O2S. The summed E-state index contributed by atoms with van der Waals surface area (Å²) in [6.07, 6.45) is 0. The van der Waals surface area contributed by atoms with Crippen molar-refractivity contribution in [3.05, 3.63) is 29.8 Å². The first kappa shape index (κ1) is 16.7. The van der Waals surface area contributed by atoms with Gasteiger partial charge in [0.05, 0.1) is 4.90 Å². The second-order valence-corrected chi connectivity index (χ2v) is 7.91. The summed E-state index contributed by atoms with van der Waals surface area (Å²) in [6, 6.07) is 6.69. The average Bonchev–Trinajstić information content (AvgIpc) is 2.34. The third kappa shape index (κ3) is 4.34. The minimum absolute atomic E-state index is 0.0445. The minimum atomic E-state index is -3.59. The fourth-order valence-corrected chi connectivity index (χ4v) is 2.49. The van der Waals surface area contributed by atoms with E-state index in [2.05, 4.69) is 30.7 Å². The molecule has 0 fully saturated rings. The van der Waals surface area contributed by atoms with Crippen molar-refractivity contribution in [2.75, 3.05) is 0 Å². The zero-order valence-corrected chi connectivity index (χ0v) is 13.9. The number of nitrogens with zero attached hydrogens (tertiary/aromatic N) is 1. The lowest BCUT2D eigenvalue weighted by Gasteiger charge is -2.26. The van der Waals surface area contributed by atoms with Crippen LogP contribution < -0.4 is 4.83 Å². The lowest BCUT2D eigenvalue weighted by molar-refractivity contribution is 0.332. The molecule has 112 valence electrons. The molecule has 0 aliphatic carbocycles. The first-order valence-electron chi connectivity index (χ1n) is 6.66. The van der Waals surface area contributed by atoms with E-state index in [4.69, 9.17) is 0 Å². The first-order chi connectivity index (χ1) is 9.04. The monoisotopic (exact) mass is 296 g/mol. The summed E-state index contributed by atoms with van der Waals surface area (Å²) < 4.78 is 24.2. The molecule has 0 radical (unpaired) electrons. The van der Waals surface area contributed by atoms with Crippen molar-refractivity contribution < 1.29 is 8.42 Å². The number of sulfonamides is 1. The topological polar surface area (TPSA) is 58.5 Å². The summed E-state index contributed by atoms with van der Waals surface area (Å²) in [5.74, 6) is 0.184. The molecule has 5 heteroatoms. The molecule has 1 rings (SSSR count). The van der Waals surface area contributed by atoms with Crippen molar-refractivity contribution in [2.45, 2.75) is 46.4 Å². The summed E-state index contributed by atoms with van der Waals surface area (Å²) in [7, 11) is -3.59. The van der Waals surface area contributed by atoms with Crippen LogP contribution in [0.4, 0.5) is 0 Å². The largest absolute Gasteiger partial charge is 0.276 e. The van der Waals surface area contributed by atoms with Crippen LogP contribution in [-0.4, -0.2) is 14.1 Å². The summed E-state index contributed by atoms with van der Waals surface area (Å²) in [6.45, 7) is 12.1. The zero-order valence-electron chi connectivity index (χ0n) is 13.1. The molecule has 0 aromatic heterocycles. The molecular weight excluding hydrogens is 272 g/mol. The molecule has 0 amide bonds. The fourth-order valence-electron chi connectivity index (χ4n) is 1.63. The quantitative estimate of drug-likeness (QED) is 0.684. The Morgan fingerprint density at radius 3 is 2.15 bits per heavy atom. The number of benzene rings is 1. The Morgan fingerprint density at radius 1 is 1.20 bits per heavy atom. The lowest BCUT2D eigenvalue weighted by Crippen LogP contribution is -2.27. The second-order valence-electron chi connectivity index (χ2n) is 6.25. The van der Waals surface area contributed by atoms with Gasteiger partial charge in [-0.2, -0.15) is 13.5 Å². The molecule has 0 spiro atoms. The third-order valence-corrected chi connectivity index (χ3v) is 4.82. The van der Waals surface area contributed by atoms with Crippen LogP contribution in [0.1, 0.15) is 40.2 Å². The van der Waals surface area contributed by atoms with Gasteiger partial charge in [-0.1, -0.05) is 45.4 Å². The maximum atomic E-state index is 12.1. The van der Waals surface area contributed by atoms with Gasteiger partial charge in [-0.05, 0) is 31.4 Å².